The molecule has 0 spiro atoms. The minimum Gasteiger partial charge on any atom is -0.493 e. The Balaban J connectivity index is 1.76. The van der Waals surface area contributed by atoms with Gasteiger partial charge in [0.2, 0.25) is 6.29 Å². The van der Waals surface area contributed by atoms with Gasteiger partial charge in [-0.05, 0) is 17.7 Å². The van der Waals surface area contributed by atoms with E-state index < -0.39 is 37.3 Å². The minimum absolute atomic E-state index is 0.292. The fraction of sp³-hybridized carbons (Fsp3) is 0.471. The molecule has 1 saturated heterocycles. The number of ether oxygens (including phenoxy) is 3. The maximum Gasteiger partial charge on any atom is 0.229 e. The predicted molar refractivity (Wildman–Crippen MR) is 88.8 cm³/mol. The van der Waals surface area contributed by atoms with Crippen molar-refractivity contribution >= 4 is 0 Å². The topological polar surface area (TPSA) is 137 Å². The molecule has 9 heteroatoms. The van der Waals surface area contributed by atoms with Gasteiger partial charge in [0.15, 0.2) is 11.5 Å². The Hall–Kier alpha value is -2.17. The smallest absolute Gasteiger partial charge is 0.229 e. The van der Waals surface area contributed by atoms with Crippen LogP contribution in [-0.2, 0) is 11.2 Å². The standard InChI is InChI=1S/C17H22N2O7/c1-24-11-6-9(7-13-18-4-5-19-13)2-3-10(11)25-17-16(23)15(22)14(21)12(8-20)26-17/h2-6,12,14-17,20-23H,7-8H2,1H3,(H,18,19). The first-order chi connectivity index (χ1) is 12.5. The molecule has 1 fully saturated rings. The number of methoxy groups -OCH3 is 1. The van der Waals surface area contributed by atoms with Crippen LogP contribution in [0.3, 0.4) is 0 Å². The van der Waals surface area contributed by atoms with Gasteiger partial charge in [0, 0.05) is 18.8 Å². The first kappa shape index (κ1) is 18.6. The van der Waals surface area contributed by atoms with Crippen LogP contribution in [0.2, 0.25) is 0 Å². The fourth-order valence-corrected chi connectivity index (χ4v) is 2.80. The zero-order valence-corrected chi connectivity index (χ0v) is 14.1. The van der Waals surface area contributed by atoms with E-state index in [0.29, 0.717) is 17.9 Å². The summed E-state index contributed by atoms with van der Waals surface area (Å²) in [6.45, 7) is -0.524. The highest BCUT2D eigenvalue weighted by Crippen LogP contribution is 2.32. The van der Waals surface area contributed by atoms with E-state index in [4.69, 9.17) is 14.2 Å². The average molecular weight is 366 g/mol. The number of aromatic nitrogens is 2. The summed E-state index contributed by atoms with van der Waals surface area (Å²) in [5.41, 5.74) is 0.929. The van der Waals surface area contributed by atoms with Crippen LogP contribution in [0.15, 0.2) is 30.6 Å². The van der Waals surface area contributed by atoms with Crippen molar-refractivity contribution in [2.75, 3.05) is 13.7 Å². The zero-order valence-electron chi connectivity index (χ0n) is 14.1. The number of aliphatic hydroxyl groups is 4. The van der Waals surface area contributed by atoms with Gasteiger partial charge in [-0.3, -0.25) is 0 Å². The van der Waals surface area contributed by atoms with Crippen LogP contribution < -0.4 is 9.47 Å². The molecule has 1 aliphatic rings. The third kappa shape index (κ3) is 3.81. The highest BCUT2D eigenvalue weighted by Gasteiger charge is 2.44. The van der Waals surface area contributed by atoms with Gasteiger partial charge >= 0.3 is 0 Å². The molecular weight excluding hydrogens is 344 g/mol. The molecule has 2 aromatic rings. The number of rotatable bonds is 6. The molecule has 1 aliphatic heterocycles. The highest BCUT2D eigenvalue weighted by molar-refractivity contribution is 5.43. The molecule has 3 rings (SSSR count). The molecule has 26 heavy (non-hydrogen) atoms. The second-order valence-corrected chi connectivity index (χ2v) is 6.01. The van der Waals surface area contributed by atoms with Gasteiger partial charge in [-0.15, -0.1) is 0 Å². The lowest BCUT2D eigenvalue weighted by atomic mass is 9.99. The Bertz CT molecular complexity index is 707. The molecule has 5 N–H and O–H groups in total. The van der Waals surface area contributed by atoms with E-state index in [1.54, 1.807) is 24.5 Å². The summed E-state index contributed by atoms with van der Waals surface area (Å²) in [5, 5.41) is 39.0. The molecule has 0 aliphatic carbocycles. The van der Waals surface area contributed by atoms with Crippen LogP contribution in [0.5, 0.6) is 11.5 Å². The van der Waals surface area contributed by atoms with E-state index in [-0.39, 0.29) is 0 Å². The zero-order chi connectivity index (χ0) is 18.7. The Morgan fingerprint density at radius 3 is 2.62 bits per heavy atom. The van der Waals surface area contributed by atoms with Gasteiger partial charge in [-0.2, -0.15) is 0 Å². The van der Waals surface area contributed by atoms with Gasteiger partial charge in [-0.1, -0.05) is 6.07 Å². The quantitative estimate of drug-likeness (QED) is 0.448. The average Bonchev–Trinajstić information content (AvgIpc) is 3.16. The van der Waals surface area contributed by atoms with Gasteiger partial charge in [0.1, 0.15) is 30.2 Å². The number of hydrogen-bond donors (Lipinski definition) is 5. The van der Waals surface area contributed by atoms with Crippen LogP contribution in [0.25, 0.3) is 0 Å². The normalized spacial score (nSPS) is 28.7. The molecule has 5 atom stereocenters. The molecule has 5 unspecified atom stereocenters. The van der Waals surface area contributed by atoms with Crippen molar-refractivity contribution in [3.05, 3.63) is 42.0 Å². The molecule has 0 radical (unpaired) electrons. The van der Waals surface area contributed by atoms with Crippen LogP contribution in [0, 0.1) is 0 Å². The SMILES string of the molecule is COc1cc(Cc2ncc[nH]2)ccc1OC1OC(CO)C(O)C(O)C1O. The first-order valence-corrected chi connectivity index (χ1v) is 8.15. The largest absolute Gasteiger partial charge is 0.493 e. The summed E-state index contributed by atoms with van der Waals surface area (Å²) in [6.07, 6.45) is -2.75. The van der Waals surface area contributed by atoms with E-state index in [1.165, 1.54) is 7.11 Å². The van der Waals surface area contributed by atoms with Crippen LogP contribution in [-0.4, -0.2) is 74.8 Å². The maximum atomic E-state index is 10.1. The molecule has 0 bridgehead atoms. The van der Waals surface area contributed by atoms with Gasteiger partial charge < -0.3 is 39.6 Å². The van der Waals surface area contributed by atoms with Gasteiger partial charge in [0.05, 0.1) is 13.7 Å². The third-order valence-corrected chi connectivity index (χ3v) is 4.25. The van der Waals surface area contributed by atoms with Crippen molar-refractivity contribution < 1.29 is 34.6 Å². The Labute approximate surface area is 149 Å². The molecule has 1 aromatic heterocycles. The van der Waals surface area contributed by atoms with Crippen molar-refractivity contribution in [3.63, 3.8) is 0 Å². The summed E-state index contributed by atoms with van der Waals surface area (Å²) in [5.74, 6) is 1.50. The van der Waals surface area contributed by atoms with Crippen molar-refractivity contribution in [1.82, 2.24) is 9.97 Å². The second-order valence-electron chi connectivity index (χ2n) is 6.01. The summed E-state index contributed by atoms with van der Waals surface area (Å²) in [4.78, 5) is 7.19. The van der Waals surface area contributed by atoms with Gasteiger partial charge in [0.25, 0.3) is 0 Å². The van der Waals surface area contributed by atoms with Crippen LogP contribution in [0.4, 0.5) is 0 Å². The predicted octanol–water partition coefficient (Wildman–Crippen LogP) is -0.812. The van der Waals surface area contributed by atoms with Crippen molar-refractivity contribution in [2.24, 2.45) is 0 Å². The fourth-order valence-electron chi connectivity index (χ4n) is 2.80. The Morgan fingerprint density at radius 1 is 1.15 bits per heavy atom. The molecule has 142 valence electrons. The molecular formula is C17H22N2O7. The number of aromatic amines is 1. The number of H-pyrrole nitrogens is 1. The lowest BCUT2D eigenvalue weighted by Crippen LogP contribution is -2.60. The molecule has 1 aromatic carbocycles. The molecule has 2 heterocycles. The van der Waals surface area contributed by atoms with E-state index >= 15 is 0 Å². The second kappa shape index (κ2) is 8.02. The van der Waals surface area contributed by atoms with Crippen molar-refractivity contribution in [3.8, 4) is 11.5 Å². The number of aliphatic hydroxyl groups excluding tert-OH is 4. The summed E-state index contributed by atoms with van der Waals surface area (Å²) < 4.78 is 16.3. The molecule has 0 amide bonds. The molecule has 0 saturated carbocycles. The van der Waals surface area contributed by atoms with Crippen LogP contribution in [0.1, 0.15) is 11.4 Å². The lowest BCUT2D eigenvalue weighted by Gasteiger charge is -2.39. The Kier molecular flexibility index (Phi) is 5.74. The number of benzene rings is 1. The Morgan fingerprint density at radius 2 is 1.96 bits per heavy atom. The highest BCUT2D eigenvalue weighted by atomic mass is 16.7. The third-order valence-electron chi connectivity index (χ3n) is 4.25. The van der Waals surface area contributed by atoms with Crippen molar-refractivity contribution in [2.45, 2.75) is 37.1 Å². The summed E-state index contributed by atoms with van der Waals surface area (Å²) in [6, 6.07) is 5.23. The van der Waals surface area contributed by atoms with E-state index in [2.05, 4.69) is 9.97 Å². The monoisotopic (exact) mass is 366 g/mol. The van der Waals surface area contributed by atoms with Crippen molar-refractivity contribution in [1.29, 1.82) is 0 Å². The summed E-state index contributed by atoms with van der Waals surface area (Å²) in [7, 11) is 1.48. The number of nitrogens with zero attached hydrogens (tertiary/aromatic N) is 1. The number of imidazole rings is 1. The first-order valence-electron chi connectivity index (χ1n) is 8.15. The maximum absolute atomic E-state index is 10.1. The van der Waals surface area contributed by atoms with E-state index in [0.717, 1.165) is 11.4 Å². The number of hydrogen-bond acceptors (Lipinski definition) is 8. The van der Waals surface area contributed by atoms with Crippen LogP contribution >= 0.6 is 0 Å². The molecule has 9 nitrogen and oxygen atoms in total. The lowest BCUT2D eigenvalue weighted by molar-refractivity contribution is -0.277. The number of nitrogens with one attached hydrogen (secondary N) is 1. The minimum atomic E-state index is -1.50. The van der Waals surface area contributed by atoms with Gasteiger partial charge in [-0.25, -0.2) is 4.98 Å². The summed E-state index contributed by atoms with van der Waals surface area (Å²) >= 11 is 0. The van der Waals surface area contributed by atoms with E-state index in [9.17, 15) is 20.4 Å². The van der Waals surface area contributed by atoms with E-state index in [1.807, 2.05) is 6.07 Å².